The maximum absolute atomic E-state index is 5.78. The van der Waals surface area contributed by atoms with Gasteiger partial charge in [-0.15, -0.1) is 0 Å². The number of aryl methyl sites for hydroxylation is 1. The van der Waals surface area contributed by atoms with Crippen molar-refractivity contribution in [3.63, 3.8) is 0 Å². The molecule has 3 aromatic rings. The predicted molar refractivity (Wildman–Crippen MR) is 76.2 cm³/mol. The molecule has 6 nitrogen and oxygen atoms in total. The molecule has 0 amide bonds. The molecule has 0 aliphatic rings. The maximum atomic E-state index is 5.78. The molecule has 1 aromatic carbocycles. The van der Waals surface area contributed by atoms with Crippen LogP contribution in [0.3, 0.4) is 0 Å². The monoisotopic (exact) mass is 284 g/mol. The average molecular weight is 284 g/mol. The van der Waals surface area contributed by atoms with Gasteiger partial charge in [0.15, 0.2) is 11.6 Å². The van der Waals surface area contributed by atoms with Crippen molar-refractivity contribution in [2.75, 3.05) is 0 Å². The van der Waals surface area contributed by atoms with Gasteiger partial charge in [-0.3, -0.25) is 5.32 Å². The van der Waals surface area contributed by atoms with Gasteiger partial charge in [0.05, 0.1) is 18.8 Å². The van der Waals surface area contributed by atoms with E-state index < -0.39 is 0 Å². The van der Waals surface area contributed by atoms with Crippen LogP contribution in [0, 0.1) is 6.92 Å². The molecule has 108 valence electrons. The van der Waals surface area contributed by atoms with Gasteiger partial charge in [0.1, 0.15) is 0 Å². The Hall–Kier alpha value is -2.47. The first-order valence-electron chi connectivity index (χ1n) is 6.76. The highest BCUT2D eigenvalue weighted by atomic mass is 16.5. The molecule has 21 heavy (non-hydrogen) atoms. The van der Waals surface area contributed by atoms with Crippen molar-refractivity contribution in [3.8, 4) is 11.3 Å². The standard InChI is InChI=1S/C15H16N4O2/c1-10(16-9-14-18-11(2)19-21-14)15-17-8-13(20-15)12-6-4-3-5-7-12/h3-8,10,16H,9H2,1-2H3/t10-/m1/s1. The van der Waals surface area contributed by atoms with Crippen LogP contribution in [0.1, 0.15) is 30.6 Å². The van der Waals surface area contributed by atoms with E-state index in [1.54, 1.807) is 13.1 Å². The quantitative estimate of drug-likeness (QED) is 0.776. The first-order valence-corrected chi connectivity index (χ1v) is 6.76. The van der Waals surface area contributed by atoms with Gasteiger partial charge in [0.25, 0.3) is 0 Å². The van der Waals surface area contributed by atoms with Crippen molar-refractivity contribution in [1.29, 1.82) is 0 Å². The normalized spacial score (nSPS) is 12.5. The summed E-state index contributed by atoms with van der Waals surface area (Å²) < 4.78 is 10.8. The zero-order chi connectivity index (χ0) is 14.7. The fraction of sp³-hybridized carbons (Fsp3) is 0.267. The highest BCUT2D eigenvalue weighted by Gasteiger charge is 2.14. The number of oxazole rings is 1. The Labute approximate surface area is 122 Å². The number of benzene rings is 1. The maximum Gasteiger partial charge on any atom is 0.240 e. The van der Waals surface area contributed by atoms with Crippen LogP contribution in [0.25, 0.3) is 11.3 Å². The first-order chi connectivity index (χ1) is 10.2. The van der Waals surface area contributed by atoms with Crippen molar-refractivity contribution in [2.45, 2.75) is 26.4 Å². The zero-order valence-corrected chi connectivity index (χ0v) is 11.9. The SMILES string of the molecule is Cc1noc(CN[C@H](C)c2ncc(-c3ccccc3)o2)n1. The molecule has 0 fully saturated rings. The molecule has 0 radical (unpaired) electrons. The summed E-state index contributed by atoms with van der Waals surface area (Å²) in [5, 5.41) is 6.99. The van der Waals surface area contributed by atoms with Crippen LogP contribution in [0.4, 0.5) is 0 Å². The summed E-state index contributed by atoms with van der Waals surface area (Å²) in [6, 6.07) is 9.84. The lowest BCUT2D eigenvalue weighted by Crippen LogP contribution is -2.18. The highest BCUT2D eigenvalue weighted by Crippen LogP contribution is 2.22. The highest BCUT2D eigenvalue weighted by molar-refractivity contribution is 5.55. The number of rotatable bonds is 5. The number of hydrogen-bond donors (Lipinski definition) is 1. The number of hydrogen-bond acceptors (Lipinski definition) is 6. The molecule has 1 atom stereocenters. The summed E-state index contributed by atoms with van der Waals surface area (Å²) in [6.45, 7) is 4.24. The third-order valence-electron chi connectivity index (χ3n) is 3.08. The van der Waals surface area contributed by atoms with Gasteiger partial charge in [-0.2, -0.15) is 4.98 Å². The number of nitrogens with zero attached hydrogens (tertiary/aromatic N) is 3. The Bertz CT molecular complexity index is 705. The molecular weight excluding hydrogens is 268 g/mol. The van der Waals surface area contributed by atoms with E-state index in [9.17, 15) is 0 Å². The molecule has 2 aromatic heterocycles. The predicted octanol–water partition coefficient (Wildman–Crippen LogP) is 2.88. The smallest absolute Gasteiger partial charge is 0.240 e. The van der Waals surface area contributed by atoms with Crippen LogP contribution < -0.4 is 5.32 Å². The molecular formula is C15H16N4O2. The summed E-state index contributed by atoms with van der Waals surface area (Å²) in [5.41, 5.74) is 1.01. The summed E-state index contributed by atoms with van der Waals surface area (Å²) in [4.78, 5) is 8.45. The molecule has 3 rings (SSSR count). The lowest BCUT2D eigenvalue weighted by Gasteiger charge is -2.07. The van der Waals surface area contributed by atoms with Crippen molar-refractivity contribution in [1.82, 2.24) is 20.4 Å². The minimum atomic E-state index is -0.0466. The summed E-state index contributed by atoms with van der Waals surface area (Å²) >= 11 is 0. The number of aromatic nitrogens is 3. The van der Waals surface area contributed by atoms with Gasteiger partial charge in [-0.25, -0.2) is 4.98 Å². The van der Waals surface area contributed by atoms with E-state index in [-0.39, 0.29) is 6.04 Å². The summed E-state index contributed by atoms with van der Waals surface area (Å²) in [6.07, 6.45) is 1.74. The molecule has 0 spiro atoms. The minimum Gasteiger partial charge on any atom is -0.439 e. The third-order valence-corrected chi connectivity index (χ3v) is 3.08. The van der Waals surface area contributed by atoms with E-state index >= 15 is 0 Å². The van der Waals surface area contributed by atoms with E-state index in [0.717, 1.165) is 11.3 Å². The van der Waals surface area contributed by atoms with E-state index in [0.29, 0.717) is 24.2 Å². The molecule has 0 bridgehead atoms. The fourth-order valence-electron chi connectivity index (χ4n) is 1.96. The van der Waals surface area contributed by atoms with Crippen molar-refractivity contribution < 1.29 is 8.94 Å². The van der Waals surface area contributed by atoms with Crippen LogP contribution in [0.15, 0.2) is 45.5 Å². The van der Waals surface area contributed by atoms with Gasteiger partial charge in [0.2, 0.25) is 11.8 Å². The Morgan fingerprint density at radius 2 is 2.05 bits per heavy atom. The van der Waals surface area contributed by atoms with Gasteiger partial charge < -0.3 is 8.94 Å². The van der Waals surface area contributed by atoms with E-state index in [4.69, 9.17) is 8.94 Å². The second-order valence-corrected chi connectivity index (χ2v) is 4.77. The fourth-order valence-corrected chi connectivity index (χ4v) is 1.96. The second kappa shape index (κ2) is 5.88. The topological polar surface area (TPSA) is 77.0 Å². The molecule has 2 heterocycles. The van der Waals surface area contributed by atoms with Gasteiger partial charge >= 0.3 is 0 Å². The molecule has 0 saturated heterocycles. The Balaban J connectivity index is 1.65. The zero-order valence-electron chi connectivity index (χ0n) is 11.9. The molecule has 0 aliphatic heterocycles. The molecule has 0 aliphatic carbocycles. The van der Waals surface area contributed by atoms with Crippen molar-refractivity contribution >= 4 is 0 Å². The largest absolute Gasteiger partial charge is 0.439 e. The van der Waals surface area contributed by atoms with Gasteiger partial charge in [-0.1, -0.05) is 35.5 Å². The minimum absolute atomic E-state index is 0.0466. The average Bonchev–Trinajstić information content (AvgIpc) is 3.15. The number of nitrogens with one attached hydrogen (secondary N) is 1. The Morgan fingerprint density at radius 1 is 1.24 bits per heavy atom. The lowest BCUT2D eigenvalue weighted by molar-refractivity contribution is 0.346. The van der Waals surface area contributed by atoms with E-state index in [1.165, 1.54) is 0 Å². The Kier molecular flexibility index (Phi) is 3.79. The summed E-state index contributed by atoms with van der Waals surface area (Å²) in [7, 11) is 0. The van der Waals surface area contributed by atoms with Crippen LogP contribution >= 0.6 is 0 Å². The van der Waals surface area contributed by atoms with Crippen molar-refractivity contribution in [3.05, 3.63) is 54.1 Å². The Morgan fingerprint density at radius 3 is 2.76 bits per heavy atom. The summed E-state index contributed by atoms with van der Waals surface area (Å²) in [5.74, 6) is 2.56. The van der Waals surface area contributed by atoms with E-state index in [1.807, 2.05) is 37.3 Å². The van der Waals surface area contributed by atoms with Crippen LogP contribution in [0.2, 0.25) is 0 Å². The van der Waals surface area contributed by atoms with E-state index in [2.05, 4.69) is 20.4 Å². The second-order valence-electron chi connectivity index (χ2n) is 4.77. The van der Waals surface area contributed by atoms with Gasteiger partial charge in [0, 0.05) is 5.56 Å². The first kappa shape index (κ1) is 13.5. The van der Waals surface area contributed by atoms with Crippen LogP contribution in [0.5, 0.6) is 0 Å². The van der Waals surface area contributed by atoms with Crippen molar-refractivity contribution in [2.24, 2.45) is 0 Å². The molecule has 0 unspecified atom stereocenters. The lowest BCUT2D eigenvalue weighted by atomic mass is 10.2. The van der Waals surface area contributed by atoms with Gasteiger partial charge in [-0.05, 0) is 13.8 Å². The molecule has 1 N–H and O–H groups in total. The molecule has 6 heteroatoms. The van der Waals surface area contributed by atoms with Crippen LogP contribution in [-0.2, 0) is 6.54 Å². The third kappa shape index (κ3) is 3.17. The van der Waals surface area contributed by atoms with Crippen LogP contribution in [-0.4, -0.2) is 15.1 Å². The molecule has 0 saturated carbocycles.